The van der Waals surface area contributed by atoms with Gasteiger partial charge in [-0.3, -0.25) is 4.79 Å². The molecule has 0 heterocycles. The molecular weight excluding hydrogens is 224 g/mol. The first-order valence-electron chi connectivity index (χ1n) is 4.58. The Hall–Kier alpha value is -1.67. The zero-order valence-corrected chi connectivity index (χ0v) is 9.93. The quantitative estimate of drug-likeness (QED) is 0.866. The van der Waals surface area contributed by atoms with Crippen LogP contribution in [0.1, 0.15) is 5.56 Å². The molecule has 5 heteroatoms. The van der Waals surface area contributed by atoms with E-state index in [-0.39, 0.29) is 5.91 Å². The van der Waals surface area contributed by atoms with Crippen LogP contribution in [0, 0.1) is 11.3 Å². The van der Waals surface area contributed by atoms with E-state index in [1.165, 1.54) is 18.9 Å². The molecule has 0 bridgehead atoms. The Bertz CT molecular complexity index is 426. The zero-order valence-electron chi connectivity index (χ0n) is 9.11. The molecule has 0 aliphatic heterocycles. The summed E-state index contributed by atoms with van der Waals surface area (Å²) in [4.78, 5) is 11.4. The number of nitrogens with one attached hydrogen (secondary N) is 1. The van der Waals surface area contributed by atoms with Crippen molar-refractivity contribution in [1.82, 2.24) is 0 Å². The number of nitrogens with zero attached hydrogens (tertiary/aromatic N) is 1. The predicted octanol–water partition coefficient (Wildman–Crippen LogP) is 1.87. The molecule has 0 aromatic heterocycles. The summed E-state index contributed by atoms with van der Waals surface area (Å²) in [5, 5.41) is 11.4. The van der Waals surface area contributed by atoms with Gasteiger partial charge in [-0.2, -0.15) is 17.0 Å². The molecule has 0 spiro atoms. The number of hydrogen-bond acceptors (Lipinski definition) is 4. The van der Waals surface area contributed by atoms with Crippen LogP contribution in [-0.2, 0) is 4.79 Å². The van der Waals surface area contributed by atoms with Gasteiger partial charge in [-0.25, -0.2) is 0 Å². The number of methoxy groups -OCH3 is 1. The van der Waals surface area contributed by atoms with Crippen molar-refractivity contribution in [2.24, 2.45) is 0 Å². The monoisotopic (exact) mass is 236 g/mol. The summed E-state index contributed by atoms with van der Waals surface area (Å²) >= 11 is 1.44. The summed E-state index contributed by atoms with van der Waals surface area (Å²) in [6, 6.07) is 6.90. The highest BCUT2D eigenvalue weighted by atomic mass is 32.2. The summed E-state index contributed by atoms with van der Waals surface area (Å²) < 4.78 is 5.09. The van der Waals surface area contributed by atoms with E-state index >= 15 is 0 Å². The molecule has 1 amide bonds. The van der Waals surface area contributed by atoms with Gasteiger partial charge >= 0.3 is 0 Å². The van der Waals surface area contributed by atoms with Gasteiger partial charge in [-0.15, -0.1) is 0 Å². The van der Waals surface area contributed by atoms with E-state index in [0.29, 0.717) is 22.8 Å². The normalized spacial score (nSPS) is 9.31. The number of amides is 1. The predicted molar refractivity (Wildman–Crippen MR) is 64.7 cm³/mol. The van der Waals surface area contributed by atoms with Crippen molar-refractivity contribution in [3.63, 3.8) is 0 Å². The highest BCUT2D eigenvalue weighted by Gasteiger charge is 2.07. The number of ether oxygens (including phenoxy) is 1. The summed E-state index contributed by atoms with van der Waals surface area (Å²) in [5.74, 6) is 0.799. The standard InChI is InChI=1S/C11H12N2O2S/c1-15-10-5-8(6-12)3-4-9(10)13-11(14)7-16-2/h3-5H,7H2,1-2H3,(H,13,14). The third kappa shape index (κ3) is 3.17. The molecular formula is C11H12N2O2S. The van der Waals surface area contributed by atoms with Crippen LogP contribution in [0.4, 0.5) is 5.69 Å². The topological polar surface area (TPSA) is 62.1 Å². The average molecular weight is 236 g/mol. The minimum atomic E-state index is -0.0875. The van der Waals surface area contributed by atoms with Gasteiger partial charge in [-0.05, 0) is 18.4 Å². The molecule has 1 aromatic carbocycles. The highest BCUT2D eigenvalue weighted by molar-refractivity contribution is 7.99. The lowest BCUT2D eigenvalue weighted by molar-refractivity contribution is -0.113. The number of rotatable bonds is 4. The molecule has 0 radical (unpaired) electrons. The summed E-state index contributed by atoms with van der Waals surface area (Å²) in [5.41, 5.74) is 1.08. The van der Waals surface area contributed by atoms with Crippen LogP contribution in [-0.4, -0.2) is 25.0 Å². The van der Waals surface area contributed by atoms with Crippen molar-refractivity contribution in [3.05, 3.63) is 23.8 Å². The summed E-state index contributed by atoms with van der Waals surface area (Å²) in [6.07, 6.45) is 1.86. The maximum atomic E-state index is 11.4. The highest BCUT2D eigenvalue weighted by Crippen LogP contribution is 2.25. The fourth-order valence-corrected chi connectivity index (χ4v) is 1.52. The van der Waals surface area contributed by atoms with Gasteiger partial charge in [-0.1, -0.05) is 0 Å². The van der Waals surface area contributed by atoms with E-state index in [1.807, 2.05) is 12.3 Å². The van der Waals surface area contributed by atoms with Crippen LogP contribution in [0.2, 0.25) is 0 Å². The lowest BCUT2D eigenvalue weighted by Gasteiger charge is -2.09. The van der Waals surface area contributed by atoms with E-state index in [2.05, 4.69) is 5.32 Å². The third-order valence-electron chi connectivity index (χ3n) is 1.88. The first kappa shape index (κ1) is 12.4. The maximum Gasteiger partial charge on any atom is 0.234 e. The largest absolute Gasteiger partial charge is 0.495 e. The van der Waals surface area contributed by atoms with Gasteiger partial charge in [0.1, 0.15) is 5.75 Å². The van der Waals surface area contributed by atoms with Crippen LogP contribution in [0.3, 0.4) is 0 Å². The second kappa shape index (κ2) is 6.03. The number of carbonyl (C=O) groups is 1. The first-order chi connectivity index (χ1) is 7.71. The van der Waals surface area contributed by atoms with Crippen LogP contribution in [0.15, 0.2) is 18.2 Å². The third-order valence-corrected chi connectivity index (χ3v) is 2.43. The molecule has 0 saturated carbocycles. The number of anilines is 1. The van der Waals surface area contributed by atoms with E-state index < -0.39 is 0 Å². The molecule has 1 aromatic rings. The van der Waals surface area contributed by atoms with Gasteiger partial charge in [0.05, 0.1) is 30.2 Å². The fraction of sp³-hybridized carbons (Fsp3) is 0.273. The Balaban J connectivity index is 2.88. The van der Waals surface area contributed by atoms with Gasteiger partial charge in [0.15, 0.2) is 0 Å². The lowest BCUT2D eigenvalue weighted by Crippen LogP contribution is -2.14. The molecule has 84 valence electrons. The Labute approximate surface area is 98.6 Å². The van der Waals surface area contributed by atoms with Crippen LogP contribution in [0.25, 0.3) is 0 Å². The zero-order chi connectivity index (χ0) is 12.0. The van der Waals surface area contributed by atoms with Crippen LogP contribution < -0.4 is 10.1 Å². The molecule has 16 heavy (non-hydrogen) atoms. The molecule has 1 N–H and O–H groups in total. The Morgan fingerprint density at radius 3 is 2.94 bits per heavy atom. The first-order valence-corrected chi connectivity index (χ1v) is 5.97. The van der Waals surface area contributed by atoms with Crippen LogP contribution in [0.5, 0.6) is 5.75 Å². The Kier molecular flexibility index (Phi) is 4.67. The maximum absolute atomic E-state index is 11.4. The van der Waals surface area contributed by atoms with E-state index in [4.69, 9.17) is 10.00 Å². The van der Waals surface area contributed by atoms with E-state index in [9.17, 15) is 4.79 Å². The Morgan fingerprint density at radius 1 is 1.62 bits per heavy atom. The van der Waals surface area contributed by atoms with Crippen molar-refractivity contribution < 1.29 is 9.53 Å². The fourth-order valence-electron chi connectivity index (χ4n) is 1.18. The second-order valence-corrected chi connectivity index (χ2v) is 3.87. The second-order valence-electron chi connectivity index (χ2n) is 3.01. The minimum Gasteiger partial charge on any atom is -0.495 e. The lowest BCUT2D eigenvalue weighted by atomic mass is 10.2. The van der Waals surface area contributed by atoms with E-state index in [0.717, 1.165) is 0 Å². The SMILES string of the molecule is COc1cc(C#N)ccc1NC(=O)CSC. The van der Waals surface area contributed by atoms with Gasteiger partial charge in [0.2, 0.25) is 5.91 Å². The van der Waals surface area contributed by atoms with Crippen LogP contribution >= 0.6 is 11.8 Å². The van der Waals surface area contributed by atoms with E-state index in [1.54, 1.807) is 18.2 Å². The van der Waals surface area contributed by atoms with Crippen molar-refractivity contribution in [3.8, 4) is 11.8 Å². The number of thioether (sulfide) groups is 1. The smallest absolute Gasteiger partial charge is 0.234 e. The van der Waals surface area contributed by atoms with Crippen molar-refractivity contribution in [1.29, 1.82) is 5.26 Å². The molecule has 0 fully saturated rings. The van der Waals surface area contributed by atoms with Gasteiger partial charge in [0, 0.05) is 6.07 Å². The van der Waals surface area contributed by atoms with Crippen molar-refractivity contribution in [2.45, 2.75) is 0 Å². The van der Waals surface area contributed by atoms with Gasteiger partial charge < -0.3 is 10.1 Å². The summed E-state index contributed by atoms with van der Waals surface area (Å²) in [6.45, 7) is 0. The number of carbonyl (C=O) groups excluding carboxylic acids is 1. The molecule has 1 rings (SSSR count). The Morgan fingerprint density at radius 2 is 2.38 bits per heavy atom. The molecule has 0 atom stereocenters. The van der Waals surface area contributed by atoms with Crippen molar-refractivity contribution in [2.75, 3.05) is 24.4 Å². The molecule has 0 aliphatic rings. The summed E-state index contributed by atoms with van der Waals surface area (Å²) in [7, 11) is 1.50. The molecule has 4 nitrogen and oxygen atoms in total. The molecule has 0 aliphatic carbocycles. The minimum absolute atomic E-state index is 0.0875. The average Bonchev–Trinajstić information content (AvgIpc) is 2.30. The van der Waals surface area contributed by atoms with Gasteiger partial charge in [0.25, 0.3) is 0 Å². The molecule has 0 saturated heterocycles. The number of nitriles is 1. The molecule has 0 unspecified atom stereocenters. The number of hydrogen-bond donors (Lipinski definition) is 1. The number of benzene rings is 1. The van der Waals surface area contributed by atoms with Crippen molar-refractivity contribution >= 4 is 23.4 Å².